The normalized spacial score (nSPS) is 11.6. The number of hydrogen-bond acceptors (Lipinski definition) is 7. The van der Waals surface area contributed by atoms with Gasteiger partial charge in [0, 0.05) is 53.9 Å². The summed E-state index contributed by atoms with van der Waals surface area (Å²) < 4.78 is 37.2. The Morgan fingerprint density at radius 1 is 1.05 bits per heavy atom. The predicted molar refractivity (Wildman–Crippen MR) is 170 cm³/mol. The maximum absolute atomic E-state index is 14.1. The fourth-order valence-corrected chi connectivity index (χ4v) is 5.51. The molecule has 0 saturated carbocycles. The maximum atomic E-state index is 14.1. The van der Waals surface area contributed by atoms with Crippen molar-refractivity contribution in [3.05, 3.63) is 92.4 Å². The number of carbonyl (C=O) groups excluding carboxylic acids is 2. The molecule has 2 aromatic carbocycles. The second-order valence-corrected chi connectivity index (χ2v) is 14.0. The van der Waals surface area contributed by atoms with Crippen LogP contribution in [0.1, 0.15) is 67.2 Å². The van der Waals surface area contributed by atoms with E-state index in [0.29, 0.717) is 39.1 Å². The smallest absolute Gasteiger partial charge is 0.407 e. The molecule has 0 aliphatic carbocycles. The van der Waals surface area contributed by atoms with Gasteiger partial charge in [0.1, 0.15) is 11.4 Å². The highest BCUT2D eigenvalue weighted by Crippen LogP contribution is 2.35. The van der Waals surface area contributed by atoms with Gasteiger partial charge in [-0.2, -0.15) is 0 Å². The molecule has 1 heterocycles. The molecule has 0 aliphatic heterocycles. The molecular formula is C32H37ClN2O7S. The molecular weight excluding hydrogens is 592 g/mol. The first kappa shape index (κ1) is 33.6. The second kappa shape index (κ2) is 13.2. The van der Waals surface area contributed by atoms with Gasteiger partial charge in [0.25, 0.3) is 5.56 Å². The summed E-state index contributed by atoms with van der Waals surface area (Å²) in [6, 6.07) is 9.25. The van der Waals surface area contributed by atoms with E-state index in [9.17, 15) is 22.8 Å². The molecule has 0 atom stereocenters. The van der Waals surface area contributed by atoms with Crippen molar-refractivity contribution in [2.75, 3.05) is 12.9 Å². The number of alkyl carbamates (subject to hydrolysis) is 1. The molecule has 3 aromatic rings. The molecule has 3 rings (SSSR count). The first-order valence-electron chi connectivity index (χ1n) is 13.5. The molecule has 0 aliphatic rings. The average molecular weight is 629 g/mol. The number of methoxy groups -OCH3 is 1. The van der Waals surface area contributed by atoms with Crippen molar-refractivity contribution in [2.24, 2.45) is 7.05 Å². The predicted octanol–water partition coefficient (Wildman–Crippen LogP) is 5.94. The summed E-state index contributed by atoms with van der Waals surface area (Å²) in [6.45, 7) is 12.4. The number of nitrogens with one attached hydrogen (secondary N) is 1. The quantitative estimate of drug-likeness (QED) is 0.276. The third-order valence-electron chi connectivity index (χ3n) is 6.57. The number of ketones is 1. The number of benzene rings is 2. The number of nitrogens with zero attached hydrogens (tertiary/aromatic N) is 1. The highest BCUT2D eigenvalue weighted by Gasteiger charge is 2.24. The Morgan fingerprint density at radius 2 is 1.72 bits per heavy atom. The molecule has 0 unspecified atom stereocenters. The number of aromatic nitrogens is 1. The van der Waals surface area contributed by atoms with Gasteiger partial charge in [0.2, 0.25) is 0 Å². The van der Waals surface area contributed by atoms with Gasteiger partial charge in [-0.05, 0) is 68.2 Å². The molecule has 0 radical (unpaired) electrons. The van der Waals surface area contributed by atoms with Crippen molar-refractivity contribution in [3.8, 4) is 16.9 Å². The summed E-state index contributed by atoms with van der Waals surface area (Å²) >= 11 is 6.59. The van der Waals surface area contributed by atoms with E-state index in [2.05, 4.69) is 11.9 Å². The Kier molecular flexibility index (Phi) is 10.3. The fraction of sp³-hybridized carbons (Fsp3) is 0.344. The molecule has 0 saturated heterocycles. The fourth-order valence-electron chi connectivity index (χ4n) is 4.37. The molecule has 43 heavy (non-hydrogen) atoms. The van der Waals surface area contributed by atoms with E-state index in [1.807, 2.05) is 0 Å². The molecule has 0 spiro atoms. The van der Waals surface area contributed by atoms with Gasteiger partial charge in [-0.1, -0.05) is 37.2 Å². The second-order valence-electron chi connectivity index (χ2n) is 11.2. The van der Waals surface area contributed by atoms with Crippen molar-refractivity contribution in [1.29, 1.82) is 0 Å². The van der Waals surface area contributed by atoms with E-state index in [4.69, 9.17) is 21.1 Å². The van der Waals surface area contributed by atoms with Gasteiger partial charge in [0.15, 0.2) is 15.6 Å². The zero-order valence-corrected chi connectivity index (χ0v) is 27.0. The van der Waals surface area contributed by atoms with Crippen LogP contribution in [0.15, 0.2) is 54.0 Å². The van der Waals surface area contributed by atoms with Crippen molar-refractivity contribution >= 4 is 38.9 Å². The summed E-state index contributed by atoms with van der Waals surface area (Å²) in [6.07, 6.45) is 0.861. The summed E-state index contributed by atoms with van der Waals surface area (Å²) in [5.74, 6) is -0.337. The first-order valence-corrected chi connectivity index (χ1v) is 15.7. The number of rotatable bonds is 10. The van der Waals surface area contributed by atoms with Crippen LogP contribution < -0.4 is 15.6 Å². The van der Waals surface area contributed by atoms with Gasteiger partial charge in [0.05, 0.1) is 17.9 Å². The maximum Gasteiger partial charge on any atom is 0.407 e. The number of halogens is 1. The van der Waals surface area contributed by atoms with Crippen LogP contribution in [-0.2, 0) is 33.9 Å². The number of allylic oxidation sites excluding steroid dienone is 1. The van der Waals surface area contributed by atoms with Crippen LogP contribution in [0.4, 0.5) is 4.79 Å². The Hall–Kier alpha value is -3.89. The number of hydrogen-bond donors (Lipinski definition) is 1. The Balaban J connectivity index is 2.26. The van der Waals surface area contributed by atoms with Gasteiger partial charge in [-0.25, -0.2) is 13.2 Å². The zero-order valence-electron chi connectivity index (χ0n) is 25.5. The largest absolute Gasteiger partial charge is 0.496 e. The number of aryl methyl sites for hydroxylation is 1. The Morgan fingerprint density at radius 3 is 2.30 bits per heavy atom. The summed E-state index contributed by atoms with van der Waals surface area (Å²) in [4.78, 5) is 39.2. The number of amides is 1. The SMILES string of the molecule is C=C(C)c1cc(Cl)c(C(=O)c2ccc(CS(=O)(=O)CC)cc2-c2cn(C)c(=O)cc2CNC(=O)OC(C)(C)C)cc1OC. The minimum Gasteiger partial charge on any atom is -0.496 e. The number of carbonyl (C=O) groups is 2. The van der Waals surface area contributed by atoms with Crippen LogP contribution in [0.3, 0.4) is 0 Å². The lowest BCUT2D eigenvalue weighted by atomic mass is 9.90. The third kappa shape index (κ3) is 8.36. The summed E-state index contributed by atoms with van der Waals surface area (Å²) in [7, 11) is -0.373. The molecule has 230 valence electrons. The van der Waals surface area contributed by atoms with Gasteiger partial charge >= 0.3 is 6.09 Å². The standard InChI is InChI=1S/C32H37ClN2O7S/c1-9-43(39,40)18-20-10-11-22(30(37)25-15-28(41-8)23(19(2)3)14-27(25)33)24(12-20)26-17-35(7)29(36)13-21(26)16-34-31(38)42-32(4,5)6/h10-15,17H,2,9,16,18H2,1,3-8H3,(H,34,38). The number of ether oxygens (including phenoxy) is 2. The molecule has 1 N–H and O–H groups in total. The highest BCUT2D eigenvalue weighted by atomic mass is 35.5. The first-order chi connectivity index (χ1) is 20.0. The monoisotopic (exact) mass is 628 g/mol. The molecule has 0 fully saturated rings. The van der Waals surface area contributed by atoms with Crippen molar-refractivity contribution in [2.45, 2.75) is 52.5 Å². The van der Waals surface area contributed by atoms with Gasteiger partial charge < -0.3 is 19.4 Å². The zero-order chi connectivity index (χ0) is 32.3. The summed E-state index contributed by atoms with van der Waals surface area (Å²) in [5, 5.41) is 2.84. The van der Waals surface area contributed by atoms with Crippen LogP contribution in [-0.4, -0.2) is 43.3 Å². The minimum atomic E-state index is -3.41. The van der Waals surface area contributed by atoms with E-state index in [1.165, 1.54) is 17.7 Å². The van der Waals surface area contributed by atoms with Crippen LogP contribution in [0.2, 0.25) is 5.02 Å². The Bertz CT molecular complexity index is 1750. The van der Waals surface area contributed by atoms with Crippen LogP contribution in [0.25, 0.3) is 16.7 Å². The van der Waals surface area contributed by atoms with E-state index in [1.54, 1.807) is 78.2 Å². The average Bonchev–Trinajstić information content (AvgIpc) is 2.91. The molecule has 1 amide bonds. The van der Waals surface area contributed by atoms with E-state index >= 15 is 0 Å². The molecule has 1 aromatic heterocycles. The van der Waals surface area contributed by atoms with Crippen molar-refractivity contribution in [3.63, 3.8) is 0 Å². The van der Waals surface area contributed by atoms with Crippen LogP contribution in [0, 0.1) is 0 Å². The summed E-state index contributed by atoms with van der Waals surface area (Å²) in [5.41, 5.74) is 2.31. The van der Waals surface area contributed by atoms with Crippen molar-refractivity contribution in [1.82, 2.24) is 9.88 Å². The lowest BCUT2D eigenvalue weighted by Crippen LogP contribution is -2.32. The lowest BCUT2D eigenvalue weighted by molar-refractivity contribution is 0.0523. The topological polar surface area (TPSA) is 121 Å². The lowest BCUT2D eigenvalue weighted by Gasteiger charge is -2.21. The molecule has 11 heteroatoms. The van der Waals surface area contributed by atoms with Crippen LogP contribution >= 0.6 is 11.6 Å². The van der Waals surface area contributed by atoms with Gasteiger partial charge in [-0.15, -0.1) is 0 Å². The minimum absolute atomic E-state index is 0.0572. The number of pyridine rings is 1. The van der Waals surface area contributed by atoms with E-state index in [0.717, 1.165) is 0 Å². The highest BCUT2D eigenvalue weighted by molar-refractivity contribution is 7.90. The van der Waals surface area contributed by atoms with Crippen molar-refractivity contribution < 1.29 is 27.5 Å². The number of sulfone groups is 1. The Labute approximate surface area is 257 Å². The third-order valence-corrected chi connectivity index (χ3v) is 8.54. The van der Waals surface area contributed by atoms with Gasteiger partial charge in [-0.3, -0.25) is 9.59 Å². The van der Waals surface area contributed by atoms with E-state index < -0.39 is 27.3 Å². The molecule has 9 nitrogen and oxygen atoms in total. The van der Waals surface area contributed by atoms with E-state index in [-0.39, 0.29) is 39.8 Å². The molecule has 0 bridgehead atoms. The van der Waals surface area contributed by atoms with Crippen LogP contribution in [0.5, 0.6) is 5.75 Å².